The maximum absolute atomic E-state index is 13.2. The van der Waals surface area contributed by atoms with Crippen LogP contribution in [0.2, 0.25) is 0 Å². The van der Waals surface area contributed by atoms with Gasteiger partial charge in [0.1, 0.15) is 12.7 Å². The molecular weight excluding hydrogens is 845 g/mol. The van der Waals surface area contributed by atoms with E-state index in [1.807, 2.05) is 0 Å². The third-order valence-electron chi connectivity index (χ3n) is 17.0. The molecule has 5 aliphatic rings. The molecule has 0 aromatic rings. The number of hydrogen-bond acceptors (Lipinski definition) is 10. The second kappa shape index (κ2) is 27.0. The molecule has 5 rings (SSSR count). The SMILES string of the molecule is [2H]C(CCCCC/C=C\CCCCCCCC)CC(=O)OC[C@H]1OC(O[C@H]2CC[C@@]3(C)C(=CC[C@H]4[C@@H]5CC[C@H]([C@H](C)CCCC(C)C)[C@@]5(C)CC[C@@H]43)C2)[C@H](OC(C)=O)[C@@H](OC(C)=O)[C@H]1OC(C)=O. The van der Waals surface area contributed by atoms with E-state index in [2.05, 4.69) is 59.8 Å². The van der Waals surface area contributed by atoms with Gasteiger partial charge in [0.05, 0.1) is 6.10 Å². The number of hydrogen-bond donors (Lipinski definition) is 0. The lowest BCUT2D eigenvalue weighted by Gasteiger charge is -2.58. The van der Waals surface area contributed by atoms with Crippen LogP contribution >= 0.6 is 0 Å². The lowest BCUT2D eigenvalue weighted by molar-refractivity contribution is -0.318. The summed E-state index contributed by atoms with van der Waals surface area (Å²) in [5.41, 5.74) is 1.91. The van der Waals surface area contributed by atoms with Gasteiger partial charge < -0.3 is 28.4 Å². The van der Waals surface area contributed by atoms with E-state index >= 15 is 0 Å². The van der Waals surface area contributed by atoms with Gasteiger partial charge in [-0.15, -0.1) is 0 Å². The third-order valence-corrected chi connectivity index (χ3v) is 17.0. The summed E-state index contributed by atoms with van der Waals surface area (Å²) in [6.45, 7) is 17.9. The van der Waals surface area contributed by atoms with Gasteiger partial charge in [0, 0.05) is 28.6 Å². The summed E-state index contributed by atoms with van der Waals surface area (Å²) in [6.07, 6.45) is 26.2. The molecule has 1 heterocycles. The highest BCUT2D eigenvalue weighted by atomic mass is 16.7. The summed E-state index contributed by atoms with van der Waals surface area (Å²) in [6, 6.07) is 0. The Balaban J connectivity index is 1.18. The van der Waals surface area contributed by atoms with Crippen LogP contribution in [0, 0.1) is 46.3 Å². The van der Waals surface area contributed by atoms with Gasteiger partial charge in [0.25, 0.3) is 0 Å². The van der Waals surface area contributed by atoms with Crippen molar-refractivity contribution in [2.75, 3.05) is 6.61 Å². The van der Waals surface area contributed by atoms with Crippen molar-refractivity contribution in [1.82, 2.24) is 0 Å². The molecule has 0 radical (unpaired) electrons. The van der Waals surface area contributed by atoms with Crippen LogP contribution in [-0.2, 0) is 47.6 Å². The number of carbonyl (C=O) groups excluding carboxylic acids is 4. The molecule has 0 bridgehead atoms. The molecule has 4 fully saturated rings. The summed E-state index contributed by atoms with van der Waals surface area (Å²) in [7, 11) is 0. The fourth-order valence-corrected chi connectivity index (χ4v) is 13.5. The van der Waals surface area contributed by atoms with Crippen LogP contribution in [0.15, 0.2) is 23.8 Å². The summed E-state index contributed by atoms with van der Waals surface area (Å²) in [4.78, 5) is 50.9. The normalized spacial score (nSPS) is 33.7. The average molecular weight is 940 g/mol. The zero-order chi connectivity index (χ0) is 49.4. The number of esters is 4. The Hall–Kier alpha value is -2.72. The molecule has 14 atom stereocenters. The quantitative estimate of drug-likeness (QED) is 0.0340. The molecule has 4 aliphatic carbocycles. The first-order valence-electron chi connectivity index (χ1n) is 27.8. The van der Waals surface area contributed by atoms with Crippen LogP contribution in [-0.4, -0.2) is 67.3 Å². The van der Waals surface area contributed by atoms with Crippen molar-refractivity contribution in [2.45, 2.75) is 260 Å². The first-order valence-corrected chi connectivity index (χ1v) is 27.2. The number of fused-ring (bicyclic) bond motifs is 5. The maximum Gasteiger partial charge on any atom is 0.305 e. The highest BCUT2D eigenvalue weighted by Crippen LogP contribution is 2.67. The summed E-state index contributed by atoms with van der Waals surface area (Å²) in [5.74, 6) is 1.86. The lowest BCUT2D eigenvalue weighted by atomic mass is 9.47. The minimum atomic E-state index is -1.29. The van der Waals surface area contributed by atoms with Gasteiger partial charge in [-0.3, -0.25) is 19.2 Å². The minimum Gasteiger partial charge on any atom is -0.463 e. The van der Waals surface area contributed by atoms with Gasteiger partial charge in [0.2, 0.25) is 0 Å². The number of rotatable bonds is 27. The Bertz CT molecular complexity index is 1660. The Morgan fingerprint density at radius 3 is 2.07 bits per heavy atom. The minimum absolute atomic E-state index is 0.0744. The molecule has 67 heavy (non-hydrogen) atoms. The van der Waals surface area contributed by atoms with Crippen molar-refractivity contribution >= 4 is 23.9 Å². The second-order valence-electron chi connectivity index (χ2n) is 22.4. The molecule has 382 valence electrons. The van der Waals surface area contributed by atoms with Gasteiger partial charge >= 0.3 is 23.9 Å². The van der Waals surface area contributed by atoms with E-state index in [0.717, 1.165) is 75.0 Å². The third kappa shape index (κ3) is 15.6. The fraction of sp³-hybridized carbons (Fsp3) is 0.860. The van der Waals surface area contributed by atoms with Crippen LogP contribution < -0.4 is 0 Å². The van der Waals surface area contributed by atoms with E-state index in [9.17, 15) is 19.2 Å². The zero-order valence-electron chi connectivity index (χ0n) is 44.5. The monoisotopic (exact) mass is 940 g/mol. The van der Waals surface area contributed by atoms with Gasteiger partial charge in [-0.2, -0.15) is 0 Å². The summed E-state index contributed by atoms with van der Waals surface area (Å²) < 4.78 is 44.8. The Kier molecular flexibility index (Phi) is 21.6. The molecule has 0 N–H and O–H groups in total. The number of carbonyl (C=O) groups is 4. The molecular formula is C57H94O10. The first kappa shape index (κ1) is 53.6. The molecule has 0 aromatic heterocycles. The predicted molar refractivity (Wildman–Crippen MR) is 264 cm³/mol. The first-order chi connectivity index (χ1) is 32.5. The Morgan fingerprint density at radius 1 is 0.761 bits per heavy atom. The molecule has 0 amide bonds. The van der Waals surface area contributed by atoms with E-state index in [-0.39, 0.29) is 24.5 Å². The van der Waals surface area contributed by atoms with Gasteiger partial charge in [0.15, 0.2) is 24.6 Å². The summed E-state index contributed by atoms with van der Waals surface area (Å²) >= 11 is 0. The standard InChI is InChI=1S/C57H94O10/c1-10-11-12-13-14-15-16-17-18-19-20-21-22-23-24-28-51(61)62-38-50-52(63-41(5)58)53(64-42(6)59)54(65-43(7)60)55(67-50)66-45-33-35-56(8)44(37-45)29-30-46-48-32-31-47(40(4)27-25-26-39(2)3)57(48,9)36-34-49(46)56/h17-18,29,39-40,45-50,52-55H,10-16,19-28,30-38H2,1-9H3/b18-17-/t40-,45+,46+,47-,48+,49+,50-,52+,53+,54-,55?,56+,57-/m1/s1/i24D/t24?,40-,45+,46+,47-,48+,49+,50-,52+,53+,54-,55?,56+,57-. The molecule has 0 aromatic carbocycles. The molecule has 10 nitrogen and oxygen atoms in total. The van der Waals surface area contributed by atoms with E-state index in [1.165, 1.54) is 110 Å². The van der Waals surface area contributed by atoms with Crippen molar-refractivity contribution < 1.29 is 49.0 Å². The highest BCUT2D eigenvalue weighted by Gasteiger charge is 2.60. The van der Waals surface area contributed by atoms with E-state index < -0.39 is 61.0 Å². The van der Waals surface area contributed by atoms with Crippen LogP contribution in [0.5, 0.6) is 0 Å². The topological polar surface area (TPSA) is 124 Å². The fourth-order valence-electron chi connectivity index (χ4n) is 13.5. The van der Waals surface area contributed by atoms with Crippen molar-refractivity contribution in [3.05, 3.63) is 23.8 Å². The number of unbranched alkanes of at least 4 members (excludes halogenated alkanes) is 9. The predicted octanol–water partition coefficient (Wildman–Crippen LogP) is 13.5. The van der Waals surface area contributed by atoms with Crippen molar-refractivity contribution in [1.29, 1.82) is 0 Å². The van der Waals surface area contributed by atoms with E-state index in [4.69, 9.17) is 29.8 Å². The molecule has 3 saturated carbocycles. The van der Waals surface area contributed by atoms with Crippen LogP contribution in [0.4, 0.5) is 0 Å². The van der Waals surface area contributed by atoms with Crippen molar-refractivity contribution in [3.63, 3.8) is 0 Å². The molecule has 1 aliphatic heterocycles. The van der Waals surface area contributed by atoms with Gasteiger partial charge in [-0.25, -0.2) is 0 Å². The van der Waals surface area contributed by atoms with Crippen LogP contribution in [0.1, 0.15) is 224 Å². The van der Waals surface area contributed by atoms with Crippen LogP contribution in [0.3, 0.4) is 0 Å². The van der Waals surface area contributed by atoms with Crippen molar-refractivity contribution in [3.8, 4) is 0 Å². The highest BCUT2D eigenvalue weighted by molar-refractivity contribution is 5.69. The zero-order valence-corrected chi connectivity index (χ0v) is 43.5. The number of allylic oxidation sites excluding steroid dienone is 3. The molecule has 1 saturated heterocycles. The Labute approximate surface area is 407 Å². The number of ether oxygens (including phenoxy) is 6. The maximum atomic E-state index is 13.2. The molecule has 2 unspecified atom stereocenters. The van der Waals surface area contributed by atoms with Crippen molar-refractivity contribution in [2.24, 2.45) is 46.3 Å². The van der Waals surface area contributed by atoms with Gasteiger partial charge in [-0.1, -0.05) is 136 Å². The van der Waals surface area contributed by atoms with Crippen LogP contribution in [0.25, 0.3) is 0 Å². The molecule has 10 heteroatoms. The summed E-state index contributed by atoms with van der Waals surface area (Å²) in [5, 5.41) is 0. The second-order valence-corrected chi connectivity index (χ2v) is 22.4. The molecule has 0 spiro atoms. The van der Waals surface area contributed by atoms with Gasteiger partial charge in [-0.05, 0) is 130 Å². The largest absolute Gasteiger partial charge is 0.463 e. The lowest BCUT2D eigenvalue weighted by Crippen LogP contribution is -2.63. The average Bonchev–Trinajstić information content (AvgIpc) is 3.63. The Morgan fingerprint density at radius 2 is 1.40 bits per heavy atom. The van der Waals surface area contributed by atoms with E-state index in [1.54, 1.807) is 0 Å². The smallest absolute Gasteiger partial charge is 0.305 e. The van der Waals surface area contributed by atoms with E-state index in [0.29, 0.717) is 30.1 Å².